The molecule has 0 unspecified atom stereocenters. The lowest BCUT2D eigenvalue weighted by Crippen LogP contribution is -2.13. The van der Waals surface area contributed by atoms with Crippen LogP contribution in [0, 0.1) is 5.92 Å². The Kier molecular flexibility index (Phi) is 3.15. The van der Waals surface area contributed by atoms with Crippen molar-refractivity contribution in [2.45, 2.75) is 26.7 Å². The van der Waals surface area contributed by atoms with Crippen LogP contribution >= 0.6 is 7.37 Å². The van der Waals surface area contributed by atoms with Gasteiger partial charge in [-0.1, -0.05) is 6.92 Å². The Balaban J connectivity index is 2.49. The summed E-state index contributed by atoms with van der Waals surface area (Å²) < 4.78 is 17.1. The first-order valence-electron chi connectivity index (χ1n) is 4.39. The van der Waals surface area contributed by atoms with Crippen LogP contribution in [0.15, 0.2) is 0 Å². The van der Waals surface area contributed by atoms with Gasteiger partial charge in [-0.3, -0.25) is 4.57 Å². The molecule has 1 fully saturated rings. The van der Waals surface area contributed by atoms with Crippen LogP contribution in [-0.2, 0) is 9.09 Å². The first-order chi connectivity index (χ1) is 5.16. The van der Waals surface area contributed by atoms with Crippen LogP contribution in [0.1, 0.15) is 26.7 Å². The van der Waals surface area contributed by atoms with Crippen molar-refractivity contribution in [2.24, 2.45) is 5.92 Å². The zero-order valence-corrected chi connectivity index (χ0v) is 8.27. The van der Waals surface area contributed by atoms with Crippen LogP contribution < -0.4 is 0 Å². The van der Waals surface area contributed by atoms with Crippen molar-refractivity contribution in [3.63, 3.8) is 0 Å². The van der Waals surface area contributed by atoms with Gasteiger partial charge in [0.1, 0.15) is 0 Å². The molecular weight excluding hydrogens is 159 g/mol. The van der Waals surface area contributed by atoms with Crippen LogP contribution in [0.25, 0.3) is 0 Å². The predicted octanol–water partition coefficient (Wildman–Crippen LogP) is 2.73. The van der Waals surface area contributed by atoms with Crippen LogP contribution in [0.3, 0.4) is 0 Å². The molecule has 0 saturated carbocycles. The summed E-state index contributed by atoms with van der Waals surface area (Å²) in [5.41, 5.74) is 0. The molecule has 1 rings (SSSR count). The van der Waals surface area contributed by atoms with Gasteiger partial charge in [0, 0.05) is 12.3 Å². The van der Waals surface area contributed by atoms with Gasteiger partial charge in [0.2, 0.25) is 7.37 Å². The van der Waals surface area contributed by atoms with E-state index in [2.05, 4.69) is 6.92 Å². The second-order valence-electron chi connectivity index (χ2n) is 3.39. The Morgan fingerprint density at radius 2 is 2.36 bits per heavy atom. The molecule has 0 aromatic carbocycles. The minimum atomic E-state index is -2.17. The Morgan fingerprint density at radius 3 is 2.91 bits per heavy atom. The molecule has 11 heavy (non-hydrogen) atoms. The van der Waals surface area contributed by atoms with Crippen molar-refractivity contribution >= 4 is 7.37 Å². The Bertz CT molecular complexity index is 161. The normalized spacial score (nSPS) is 38.9. The zero-order chi connectivity index (χ0) is 8.32. The Hall–Kier alpha value is 0.190. The highest BCUT2D eigenvalue weighted by Crippen LogP contribution is 2.52. The average Bonchev–Trinajstić information content (AvgIpc) is 1.86. The number of hydrogen-bond donors (Lipinski definition) is 0. The summed E-state index contributed by atoms with van der Waals surface area (Å²) in [6.45, 7) is 4.67. The van der Waals surface area contributed by atoms with Gasteiger partial charge in [0.05, 0.1) is 6.61 Å². The van der Waals surface area contributed by atoms with Crippen LogP contribution in [0.4, 0.5) is 0 Å². The molecular formula is C8H17O2P. The largest absolute Gasteiger partial charge is 0.329 e. The minimum absolute atomic E-state index is 0.598. The molecule has 1 aliphatic heterocycles. The van der Waals surface area contributed by atoms with Gasteiger partial charge in [0.25, 0.3) is 0 Å². The first kappa shape index (κ1) is 9.28. The van der Waals surface area contributed by atoms with E-state index in [9.17, 15) is 4.57 Å². The lowest BCUT2D eigenvalue weighted by molar-refractivity contribution is 0.319. The summed E-state index contributed by atoms with van der Waals surface area (Å²) in [5, 5.41) is 0. The fourth-order valence-corrected chi connectivity index (χ4v) is 4.37. The molecule has 2 atom stereocenters. The lowest BCUT2D eigenvalue weighted by Gasteiger charge is -2.26. The molecule has 0 radical (unpaired) electrons. The van der Waals surface area contributed by atoms with Crippen molar-refractivity contribution in [2.75, 3.05) is 18.9 Å². The van der Waals surface area contributed by atoms with E-state index >= 15 is 0 Å². The van der Waals surface area contributed by atoms with Gasteiger partial charge in [-0.2, -0.15) is 0 Å². The van der Waals surface area contributed by atoms with E-state index in [1.54, 1.807) is 0 Å². The predicted molar refractivity (Wildman–Crippen MR) is 47.4 cm³/mol. The summed E-state index contributed by atoms with van der Waals surface area (Å²) in [5.74, 6) is 0.598. The van der Waals surface area contributed by atoms with Crippen molar-refractivity contribution in [3.05, 3.63) is 0 Å². The Morgan fingerprint density at radius 1 is 1.64 bits per heavy atom. The minimum Gasteiger partial charge on any atom is -0.329 e. The second-order valence-corrected chi connectivity index (χ2v) is 6.09. The van der Waals surface area contributed by atoms with E-state index in [-0.39, 0.29) is 0 Å². The van der Waals surface area contributed by atoms with Crippen molar-refractivity contribution in [1.29, 1.82) is 0 Å². The topological polar surface area (TPSA) is 26.3 Å². The molecule has 0 N–H and O–H groups in total. The second kappa shape index (κ2) is 3.73. The third-order valence-corrected chi connectivity index (χ3v) is 5.06. The Labute approximate surface area is 68.8 Å². The molecule has 0 aliphatic carbocycles. The summed E-state index contributed by atoms with van der Waals surface area (Å²) >= 11 is 0. The van der Waals surface area contributed by atoms with E-state index < -0.39 is 7.37 Å². The molecule has 0 aromatic heterocycles. The van der Waals surface area contributed by atoms with Crippen LogP contribution in [0.5, 0.6) is 0 Å². The van der Waals surface area contributed by atoms with Gasteiger partial charge in [-0.05, 0) is 25.7 Å². The van der Waals surface area contributed by atoms with E-state index in [1.165, 1.54) is 6.42 Å². The molecule has 0 amide bonds. The van der Waals surface area contributed by atoms with Gasteiger partial charge in [0.15, 0.2) is 0 Å². The number of rotatable bonds is 2. The van der Waals surface area contributed by atoms with E-state index in [4.69, 9.17) is 4.52 Å². The number of hydrogen-bond acceptors (Lipinski definition) is 2. The molecule has 0 aromatic rings. The van der Waals surface area contributed by atoms with E-state index in [0.29, 0.717) is 12.5 Å². The van der Waals surface area contributed by atoms with Crippen LogP contribution in [0.2, 0.25) is 0 Å². The summed E-state index contributed by atoms with van der Waals surface area (Å²) in [6, 6.07) is 0. The van der Waals surface area contributed by atoms with E-state index in [0.717, 1.165) is 18.7 Å². The van der Waals surface area contributed by atoms with Crippen molar-refractivity contribution in [1.82, 2.24) is 0 Å². The van der Waals surface area contributed by atoms with Gasteiger partial charge in [-0.25, -0.2) is 0 Å². The summed E-state index contributed by atoms with van der Waals surface area (Å²) in [7, 11) is -2.17. The SMILES string of the molecule is CCO[P@]1(=O)CCC[C@@H](C)C1. The monoisotopic (exact) mass is 176 g/mol. The maximum atomic E-state index is 11.8. The molecule has 2 nitrogen and oxygen atoms in total. The molecule has 1 aliphatic rings. The highest BCUT2D eigenvalue weighted by atomic mass is 31.2. The third-order valence-electron chi connectivity index (χ3n) is 2.15. The van der Waals surface area contributed by atoms with E-state index in [1.807, 2.05) is 6.92 Å². The smallest absolute Gasteiger partial charge is 0.203 e. The molecule has 0 spiro atoms. The molecule has 0 bridgehead atoms. The highest BCUT2D eigenvalue weighted by molar-refractivity contribution is 7.59. The van der Waals surface area contributed by atoms with Crippen LogP contribution in [-0.4, -0.2) is 18.9 Å². The molecule has 3 heteroatoms. The fourth-order valence-electron chi connectivity index (χ4n) is 1.69. The standard InChI is InChI=1S/C8H17O2P/c1-3-10-11(9)6-4-5-8(2)7-11/h8H,3-7H2,1-2H3/t8-,11-/m1/s1. The maximum absolute atomic E-state index is 11.8. The lowest BCUT2D eigenvalue weighted by atomic mass is 10.1. The van der Waals surface area contributed by atoms with Crippen molar-refractivity contribution < 1.29 is 9.09 Å². The molecule has 1 heterocycles. The molecule has 1 saturated heterocycles. The quantitative estimate of drug-likeness (QED) is 0.604. The average molecular weight is 176 g/mol. The van der Waals surface area contributed by atoms with Gasteiger partial charge in [-0.15, -0.1) is 0 Å². The zero-order valence-electron chi connectivity index (χ0n) is 7.38. The summed E-state index contributed by atoms with van der Waals surface area (Å²) in [6.07, 6.45) is 3.92. The third kappa shape index (κ3) is 2.61. The first-order valence-corrected chi connectivity index (χ1v) is 6.38. The molecule has 66 valence electrons. The highest BCUT2D eigenvalue weighted by Gasteiger charge is 2.29. The fraction of sp³-hybridized carbons (Fsp3) is 1.00. The van der Waals surface area contributed by atoms with Crippen molar-refractivity contribution in [3.8, 4) is 0 Å². The maximum Gasteiger partial charge on any atom is 0.203 e. The van der Waals surface area contributed by atoms with Gasteiger partial charge < -0.3 is 4.52 Å². The van der Waals surface area contributed by atoms with Gasteiger partial charge >= 0.3 is 0 Å². The summed E-state index contributed by atoms with van der Waals surface area (Å²) in [4.78, 5) is 0.